The Labute approximate surface area is 145 Å². The average Bonchev–Trinajstić information content (AvgIpc) is 3.42. The number of hydrogen-bond acceptors (Lipinski definition) is 4. The highest BCUT2D eigenvalue weighted by Crippen LogP contribution is 2.48. The van der Waals surface area contributed by atoms with Crippen LogP contribution in [0.3, 0.4) is 0 Å². The van der Waals surface area contributed by atoms with Crippen molar-refractivity contribution in [2.45, 2.75) is 12.3 Å². The van der Waals surface area contributed by atoms with Crippen molar-refractivity contribution < 1.29 is 19.1 Å². The molecule has 3 N–H and O–H groups in total. The van der Waals surface area contributed by atoms with Crippen molar-refractivity contribution >= 4 is 17.5 Å². The fraction of sp³-hybridized carbons (Fsp3) is 0.263. The number of rotatable bonds is 6. The zero-order chi connectivity index (χ0) is 18.0. The molecule has 25 heavy (non-hydrogen) atoms. The normalized spacial score (nSPS) is 18.3. The van der Waals surface area contributed by atoms with Gasteiger partial charge in [-0.25, -0.2) is 0 Å². The summed E-state index contributed by atoms with van der Waals surface area (Å²) in [5, 5.41) is 2.84. The van der Waals surface area contributed by atoms with E-state index in [1.807, 2.05) is 24.3 Å². The second kappa shape index (κ2) is 6.84. The van der Waals surface area contributed by atoms with Crippen LogP contribution >= 0.6 is 0 Å². The maximum absolute atomic E-state index is 12.5. The van der Waals surface area contributed by atoms with Crippen LogP contribution in [0.4, 0.5) is 5.69 Å². The molecular formula is C19H20N2O4. The van der Waals surface area contributed by atoms with Gasteiger partial charge in [0.05, 0.1) is 19.9 Å². The largest absolute Gasteiger partial charge is 0.497 e. The van der Waals surface area contributed by atoms with Gasteiger partial charge < -0.3 is 20.5 Å². The molecule has 0 heterocycles. The Balaban J connectivity index is 1.71. The summed E-state index contributed by atoms with van der Waals surface area (Å²) < 4.78 is 10.4. The average molecular weight is 340 g/mol. The number of amides is 2. The number of ether oxygens (including phenoxy) is 2. The molecule has 2 aromatic rings. The van der Waals surface area contributed by atoms with Gasteiger partial charge in [-0.05, 0) is 48.2 Å². The Morgan fingerprint density at radius 3 is 2.40 bits per heavy atom. The van der Waals surface area contributed by atoms with Crippen LogP contribution in [0.15, 0.2) is 42.5 Å². The summed E-state index contributed by atoms with van der Waals surface area (Å²) in [5.74, 6) is 0.714. The number of anilines is 1. The first-order valence-electron chi connectivity index (χ1n) is 7.96. The molecule has 3 rings (SSSR count). The highest BCUT2D eigenvalue weighted by atomic mass is 16.5. The second-order valence-corrected chi connectivity index (χ2v) is 5.99. The maximum Gasteiger partial charge on any atom is 0.248 e. The third kappa shape index (κ3) is 3.57. The first kappa shape index (κ1) is 16.8. The summed E-state index contributed by atoms with van der Waals surface area (Å²) >= 11 is 0. The second-order valence-electron chi connectivity index (χ2n) is 5.99. The lowest BCUT2D eigenvalue weighted by molar-refractivity contribution is -0.117. The van der Waals surface area contributed by atoms with Crippen LogP contribution in [0, 0.1) is 5.92 Å². The van der Waals surface area contributed by atoms with Crippen LogP contribution in [0.25, 0.3) is 0 Å². The fourth-order valence-electron chi connectivity index (χ4n) is 2.89. The Kier molecular flexibility index (Phi) is 4.61. The van der Waals surface area contributed by atoms with Crippen molar-refractivity contribution in [2.24, 2.45) is 11.7 Å². The van der Waals surface area contributed by atoms with E-state index in [1.165, 1.54) is 13.2 Å². The summed E-state index contributed by atoms with van der Waals surface area (Å²) in [5.41, 5.74) is 7.17. The van der Waals surface area contributed by atoms with E-state index >= 15 is 0 Å². The molecule has 1 aliphatic rings. The topological polar surface area (TPSA) is 90.6 Å². The molecule has 0 unspecified atom stereocenters. The number of nitrogens with one attached hydrogen (secondary N) is 1. The molecule has 0 radical (unpaired) electrons. The lowest BCUT2D eigenvalue weighted by Crippen LogP contribution is -2.17. The van der Waals surface area contributed by atoms with Gasteiger partial charge >= 0.3 is 0 Å². The Morgan fingerprint density at radius 2 is 1.80 bits per heavy atom. The van der Waals surface area contributed by atoms with Crippen LogP contribution in [-0.4, -0.2) is 26.0 Å². The smallest absolute Gasteiger partial charge is 0.248 e. The molecule has 2 atom stereocenters. The number of primary amides is 1. The van der Waals surface area contributed by atoms with Crippen LogP contribution in [0.2, 0.25) is 0 Å². The zero-order valence-corrected chi connectivity index (χ0v) is 14.1. The van der Waals surface area contributed by atoms with E-state index in [9.17, 15) is 9.59 Å². The predicted octanol–water partition coefficient (Wildman–Crippen LogP) is 2.54. The Bertz CT molecular complexity index is 802. The van der Waals surface area contributed by atoms with E-state index in [0.717, 1.165) is 17.7 Å². The number of carbonyl (C=O) groups is 2. The molecule has 0 saturated heterocycles. The minimum atomic E-state index is -0.555. The third-order valence-corrected chi connectivity index (χ3v) is 4.41. The van der Waals surface area contributed by atoms with Crippen molar-refractivity contribution in [3.63, 3.8) is 0 Å². The highest BCUT2D eigenvalue weighted by Gasteiger charge is 2.44. The highest BCUT2D eigenvalue weighted by molar-refractivity contribution is 5.99. The van der Waals surface area contributed by atoms with Gasteiger partial charge in [0, 0.05) is 11.5 Å². The van der Waals surface area contributed by atoms with Gasteiger partial charge in [-0.2, -0.15) is 0 Å². The molecular weight excluding hydrogens is 320 g/mol. The van der Waals surface area contributed by atoms with Crippen molar-refractivity contribution in [1.29, 1.82) is 0 Å². The van der Waals surface area contributed by atoms with E-state index in [4.69, 9.17) is 15.2 Å². The minimum Gasteiger partial charge on any atom is -0.497 e. The first-order valence-corrected chi connectivity index (χ1v) is 7.96. The molecule has 2 aromatic carbocycles. The Morgan fingerprint density at radius 1 is 1.08 bits per heavy atom. The van der Waals surface area contributed by atoms with Crippen LogP contribution in [0.5, 0.6) is 11.5 Å². The lowest BCUT2D eigenvalue weighted by Gasteiger charge is -2.11. The van der Waals surface area contributed by atoms with Crippen molar-refractivity contribution in [2.75, 3.05) is 19.5 Å². The zero-order valence-electron chi connectivity index (χ0n) is 14.1. The number of carbonyl (C=O) groups excluding carboxylic acids is 2. The first-order chi connectivity index (χ1) is 12.0. The minimum absolute atomic E-state index is 0.0965. The monoisotopic (exact) mass is 340 g/mol. The molecule has 0 spiro atoms. The van der Waals surface area contributed by atoms with E-state index < -0.39 is 5.91 Å². The summed E-state index contributed by atoms with van der Waals surface area (Å²) in [4.78, 5) is 23.9. The van der Waals surface area contributed by atoms with Crippen LogP contribution < -0.4 is 20.5 Å². The van der Waals surface area contributed by atoms with Crippen LogP contribution in [-0.2, 0) is 4.79 Å². The summed E-state index contributed by atoms with van der Waals surface area (Å²) in [6, 6.07) is 12.4. The lowest BCUT2D eigenvalue weighted by atomic mass is 10.1. The van der Waals surface area contributed by atoms with Crippen molar-refractivity contribution in [3.8, 4) is 11.5 Å². The number of hydrogen-bond donors (Lipinski definition) is 2. The van der Waals surface area contributed by atoms with Gasteiger partial charge in [0.25, 0.3) is 0 Å². The summed E-state index contributed by atoms with van der Waals surface area (Å²) in [6.07, 6.45) is 0.788. The maximum atomic E-state index is 12.5. The van der Waals surface area contributed by atoms with Gasteiger partial charge in [-0.1, -0.05) is 12.1 Å². The predicted molar refractivity (Wildman–Crippen MR) is 94.0 cm³/mol. The van der Waals surface area contributed by atoms with Crippen molar-refractivity contribution in [3.05, 3.63) is 53.6 Å². The number of nitrogens with two attached hydrogens (primary N) is 1. The van der Waals surface area contributed by atoms with Gasteiger partial charge in [-0.3, -0.25) is 9.59 Å². The van der Waals surface area contributed by atoms with Crippen LogP contribution in [0.1, 0.15) is 28.3 Å². The molecule has 6 nitrogen and oxygen atoms in total. The van der Waals surface area contributed by atoms with E-state index in [1.54, 1.807) is 19.2 Å². The quantitative estimate of drug-likeness (QED) is 0.845. The van der Waals surface area contributed by atoms with Gasteiger partial charge in [0.2, 0.25) is 11.8 Å². The fourth-order valence-corrected chi connectivity index (χ4v) is 2.89. The third-order valence-electron chi connectivity index (χ3n) is 4.41. The van der Waals surface area contributed by atoms with Gasteiger partial charge in [0.15, 0.2) is 0 Å². The van der Waals surface area contributed by atoms with Gasteiger partial charge in [-0.15, -0.1) is 0 Å². The van der Waals surface area contributed by atoms with Crippen molar-refractivity contribution in [1.82, 2.24) is 0 Å². The van der Waals surface area contributed by atoms with E-state index in [-0.39, 0.29) is 17.7 Å². The molecule has 1 aliphatic carbocycles. The van der Waals surface area contributed by atoms with E-state index in [0.29, 0.717) is 17.0 Å². The Hall–Kier alpha value is -3.02. The molecule has 0 aromatic heterocycles. The number of benzene rings is 2. The van der Waals surface area contributed by atoms with E-state index in [2.05, 4.69) is 5.32 Å². The number of methoxy groups -OCH3 is 2. The molecule has 0 bridgehead atoms. The molecule has 6 heteroatoms. The van der Waals surface area contributed by atoms with Gasteiger partial charge in [0.1, 0.15) is 11.5 Å². The molecule has 0 aliphatic heterocycles. The molecule has 130 valence electrons. The molecule has 2 amide bonds. The SMILES string of the molecule is COc1ccc([C@@H]2C[C@H]2C(=O)Nc2cc(C(N)=O)ccc2OC)cc1. The molecule has 1 fully saturated rings. The summed E-state index contributed by atoms with van der Waals surface area (Å²) in [6.45, 7) is 0. The molecule has 1 saturated carbocycles. The summed E-state index contributed by atoms with van der Waals surface area (Å²) in [7, 11) is 3.13. The standard InChI is InChI=1S/C19H20N2O4/c1-24-13-6-3-11(4-7-13)14-10-15(14)19(23)21-16-9-12(18(20)22)5-8-17(16)25-2/h3-9,14-15H,10H2,1-2H3,(H2,20,22)(H,21,23)/t14-,15+/m0/s1.